The highest BCUT2D eigenvalue weighted by Crippen LogP contribution is 2.15. The highest BCUT2D eigenvalue weighted by Gasteiger charge is 2.18. The molecule has 0 radical (unpaired) electrons. The lowest BCUT2D eigenvalue weighted by Crippen LogP contribution is -2.37. The molecule has 0 saturated heterocycles. The lowest BCUT2D eigenvalue weighted by Gasteiger charge is -2.10. The van der Waals surface area contributed by atoms with Crippen LogP contribution < -0.4 is 16.2 Å². The van der Waals surface area contributed by atoms with E-state index in [1.807, 2.05) is 6.92 Å². The van der Waals surface area contributed by atoms with Gasteiger partial charge in [0.25, 0.3) is 0 Å². The lowest BCUT2D eigenvalue weighted by molar-refractivity contribution is 0.398. The van der Waals surface area contributed by atoms with E-state index in [4.69, 9.17) is 4.74 Å². The molecule has 0 fully saturated rings. The van der Waals surface area contributed by atoms with E-state index in [2.05, 4.69) is 5.32 Å². The highest BCUT2D eigenvalue weighted by atomic mass is 16.5. The molecule has 1 aliphatic rings. The number of allylic oxidation sites excluding steroid dienone is 3. The topological polar surface area (TPSA) is 55.4 Å². The van der Waals surface area contributed by atoms with Gasteiger partial charge < -0.3 is 10.1 Å². The minimum absolute atomic E-state index is 0.426. The summed E-state index contributed by atoms with van der Waals surface area (Å²) < 4.78 is 4.89. The summed E-state index contributed by atoms with van der Waals surface area (Å²) in [5.41, 5.74) is 0.866. The van der Waals surface area contributed by atoms with Crippen LogP contribution in [0.2, 0.25) is 0 Å². The maximum absolute atomic E-state index is 11.4. The van der Waals surface area contributed by atoms with E-state index in [1.54, 1.807) is 18.2 Å². The minimum atomic E-state index is -0.426. The fourth-order valence-electron chi connectivity index (χ4n) is 1.57. The molecule has 88 valence electrons. The summed E-state index contributed by atoms with van der Waals surface area (Å²) >= 11 is 0. The van der Waals surface area contributed by atoms with Crippen LogP contribution in [0.1, 0.15) is 18.9 Å². The molecule has 0 amide bonds. The molecule has 1 N–H and O–H groups in total. The van der Waals surface area contributed by atoms with Crippen LogP contribution in [0.4, 0.5) is 5.69 Å². The molecule has 1 aliphatic heterocycles. The van der Waals surface area contributed by atoms with Crippen molar-refractivity contribution in [1.82, 2.24) is 0 Å². The Bertz CT molecular complexity index is 558. The summed E-state index contributed by atoms with van der Waals surface area (Å²) in [6, 6.07) is 0. The molecule has 0 atom stereocenters. The van der Waals surface area contributed by atoms with Gasteiger partial charge >= 0.3 is 0 Å². The van der Waals surface area contributed by atoms with Crippen molar-refractivity contribution in [3.8, 4) is 0 Å². The fourth-order valence-corrected chi connectivity index (χ4v) is 1.57. The van der Waals surface area contributed by atoms with Gasteiger partial charge in [0.15, 0.2) is 0 Å². The largest absolute Gasteiger partial charge is 0.473 e. The monoisotopic (exact) mass is 231 g/mol. The molecular weight excluding hydrogens is 218 g/mol. The summed E-state index contributed by atoms with van der Waals surface area (Å²) in [6.07, 6.45) is 9.12. The second kappa shape index (κ2) is 4.82. The number of anilines is 1. The van der Waals surface area contributed by atoms with Crippen LogP contribution in [-0.4, -0.2) is 6.54 Å². The number of rotatable bonds is 4. The van der Waals surface area contributed by atoms with E-state index in [1.165, 1.54) is 12.5 Å². The Kier molecular flexibility index (Phi) is 3.23. The molecule has 4 nitrogen and oxygen atoms in total. The van der Waals surface area contributed by atoms with Gasteiger partial charge in [-0.2, -0.15) is 0 Å². The zero-order chi connectivity index (χ0) is 12.3. The van der Waals surface area contributed by atoms with Gasteiger partial charge in [0.05, 0.1) is 23.8 Å². The second-order valence-corrected chi connectivity index (χ2v) is 3.76. The molecule has 1 heterocycles. The Labute approximate surface area is 98.6 Å². The Morgan fingerprint density at radius 2 is 1.94 bits per heavy atom. The maximum atomic E-state index is 11.4. The average Bonchev–Trinajstić information content (AvgIpc) is 2.38. The maximum Gasteiger partial charge on any atom is 0.250 e. The molecular formula is C13H13NO3. The molecule has 17 heavy (non-hydrogen) atoms. The third-order valence-corrected chi connectivity index (χ3v) is 2.49. The van der Waals surface area contributed by atoms with Gasteiger partial charge in [-0.15, -0.1) is 0 Å². The zero-order valence-electron chi connectivity index (χ0n) is 9.53. The van der Waals surface area contributed by atoms with Crippen molar-refractivity contribution < 1.29 is 4.74 Å². The van der Waals surface area contributed by atoms with Gasteiger partial charge in [0.2, 0.25) is 10.9 Å². The summed E-state index contributed by atoms with van der Waals surface area (Å²) in [6.45, 7) is 2.69. The quantitative estimate of drug-likeness (QED) is 0.799. The van der Waals surface area contributed by atoms with Gasteiger partial charge in [-0.3, -0.25) is 9.59 Å². The van der Waals surface area contributed by atoms with Crippen molar-refractivity contribution >= 4 is 11.8 Å². The van der Waals surface area contributed by atoms with Crippen LogP contribution in [0.5, 0.6) is 0 Å². The summed E-state index contributed by atoms with van der Waals surface area (Å²) in [7, 11) is 0. The standard InChI is InChI=1S/C13H13NO3/c1-2-5-14-11-10(12(15)13(11)16)8-9-3-6-17-7-4-9/h3-4,6-8,14H,2,5H2,1H3. The van der Waals surface area contributed by atoms with Crippen LogP contribution in [0, 0.1) is 0 Å². The van der Waals surface area contributed by atoms with Gasteiger partial charge in [-0.05, 0) is 30.2 Å². The first kappa shape index (κ1) is 11.4. The lowest BCUT2D eigenvalue weighted by atomic mass is 10.0. The molecule has 0 unspecified atom stereocenters. The van der Waals surface area contributed by atoms with Crippen molar-refractivity contribution in [1.29, 1.82) is 0 Å². The van der Waals surface area contributed by atoms with E-state index < -0.39 is 10.9 Å². The predicted octanol–water partition coefficient (Wildman–Crippen LogP) is 1.55. The first-order chi connectivity index (χ1) is 8.24. The number of hydrogen-bond donors (Lipinski definition) is 1. The van der Waals surface area contributed by atoms with Crippen LogP contribution in [-0.2, 0) is 4.74 Å². The van der Waals surface area contributed by atoms with Crippen molar-refractivity contribution in [3.63, 3.8) is 0 Å². The van der Waals surface area contributed by atoms with E-state index >= 15 is 0 Å². The molecule has 0 saturated carbocycles. The molecule has 0 aromatic heterocycles. The van der Waals surface area contributed by atoms with Crippen LogP contribution in [0.25, 0.3) is 6.08 Å². The average molecular weight is 231 g/mol. The third kappa shape index (κ3) is 2.20. The van der Waals surface area contributed by atoms with Crippen LogP contribution in [0.15, 0.2) is 39.8 Å². The van der Waals surface area contributed by atoms with Crippen LogP contribution >= 0.6 is 0 Å². The zero-order valence-corrected chi connectivity index (χ0v) is 9.53. The Morgan fingerprint density at radius 1 is 1.24 bits per heavy atom. The Balaban J connectivity index is 2.27. The fraction of sp³-hybridized carbons (Fsp3) is 0.231. The van der Waals surface area contributed by atoms with Crippen molar-refractivity contribution in [2.45, 2.75) is 13.3 Å². The van der Waals surface area contributed by atoms with Crippen molar-refractivity contribution in [2.24, 2.45) is 0 Å². The molecule has 4 heteroatoms. The Morgan fingerprint density at radius 3 is 2.59 bits per heavy atom. The summed E-state index contributed by atoms with van der Waals surface area (Å²) in [4.78, 5) is 22.8. The van der Waals surface area contributed by atoms with E-state index in [-0.39, 0.29) is 0 Å². The van der Waals surface area contributed by atoms with Gasteiger partial charge in [0.1, 0.15) is 0 Å². The molecule has 1 aromatic carbocycles. The first-order valence-corrected chi connectivity index (χ1v) is 5.51. The van der Waals surface area contributed by atoms with Crippen LogP contribution in [0.3, 0.4) is 0 Å². The van der Waals surface area contributed by atoms with Gasteiger partial charge in [-0.25, -0.2) is 0 Å². The molecule has 0 spiro atoms. The van der Waals surface area contributed by atoms with E-state index in [0.717, 1.165) is 12.0 Å². The number of ether oxygens (including phenoxy) is 1. The molecule has 2 rings (SSSR count). The van der Waals surface area contributed by atoms with E-state index in [0.29, 0.717) is 17.8 Å². The van der Waals surface area contributed by atoms with Crippen molar-refractivity contribution in [3.05, 3.63) is 56.3 Å². The minimum Gasteiger partial charge on any atom is -0.473 e. The second-order valence-electron chi connectivity index (χ2n) is 3.76. The Hall–Kier alpha value is -2.10. The first-order valence-electron chi connectivity index (χ1n) is 5.51. The summed E-state index contributed by atoms with van der Waals surface area (Å²) in [5.74, 6) is 0. The van der Waals surface area contributed by atoms with Crippen molar-refractivity contribution in [2.75, 3.05) is 11.9 Å². The van der Waals surface area contributed by atoms with Gasteiger partial charge in [0, 0.05) is 6.54 Å². The number of hydrogen-bond acceptors (Lipinski definition) is 4. The van der Waals surface area contributed by atoms with Gasteiger partial charge in [-0.1, -0.05) is 6.92 Å². The summed E-state index contributed by atoms with van der Waals surface area (Å²) in [5, 5.41) is 2.97. The normalized spacial score (nSPS) is 13.8. The molecule has 0 aliphatic carbocycles. The molecule has 0 bridgehead atoms. The highest BCUT2D eigenvalue weighted by molar-refractivity contribution is 5.74. The van der Waals surface area contributed by atoms with E-state index in [9.17, 15) is 9.59 Å². The third-order valence-electron chi connectivity index (χ3n) is 2.49. The SMILES string of the molecule is CCCNc1c(C=C2C=COC=C2)c(=O)c1=O. The smallest absolute Gasteiger partial charge is 0.250 e. The predicted molar refractivity (Wildman–Crippen MR) is 67.5 cm³/mol. The number of nitrogens with one attached hydrogen (secondary N) is 1. The molecule has 1 aromatic rings.